The lowest BCUT2D eigenvalue weighted by Crippen LogP contribution is -2.41. The van der Waals surface area contributed by atoms with E-state index >= 15 is 0 Å². The van der Waals surface area contributed by atoms with Crippen molar-refractivity contribution in [2.24, 2.45) is 0 Å². The second-order valence-electron chi connectivity index (χ2n) is 4.47. The number of aliphatic carboxylic acids is 1. The van der Waals surface area contributed by atoms with Gasteiger partial charge in [-0.1, -0.05) is 0 Å². The second kappa shape index (κ2) is 7.65. The van der Waals surface area contributed by atoms with Crippen molar-refractivity contribution in [3.63, 3.8) is 0 Å². The number of carboxylic acids is 1. The molecule has 23 heavy (non-hydrogen) atoms. The minimum absolute atomic E-state index is 0.170. The summed E-state index contributed by atoms with van der Waals surface area (Å²) in [5.74, 6) is -1.86. The first-order chi connectivity index (χ1) is 10.7. The molecule has 11 heteroatoms. The van der Waals surface area contributed by atoms with Gasteiger partial charge in [0.05, 0.1) is 9.82 Å². The van der Waals surface area contributed by atoms with Crippen molar-refractivity contribution in [1.82, 2.24) is 10.0 Å². The molecule has 1 aromatic rings. The quantitative estimate of drug-likeness (QED) is 0.437. The van der Waals surface area contributed by atoms with Crippen LogP contribution in [0.2, 0.25) is 0 Å². The van der Waals surface area contributed by atoms with Crippen molar-refractivity contribution >= 4 is 27.6 Å². The van der Waals surface area contributed by atoms with Gasteiger partial charge in [0.25, 0.3) is 5.69 Å². The third kappa shape index (κ3) is 5.30. The zero-order valence-corrected chi connectivity index (χ0v) is 12.9. The maximum absolute atomic E-state index is 12.1. The molecule has 3 N–H and O–H groups in total. The van der Waals surface area contributed by atoms with Crippen molar-refractivity contribution in [2.45, 2.75) is 23.8 Å². The van der Waals surface area contributed by atoms with Gasteiger partial charge in [0.2, 0.25) is 15.9 Å². The topological polar surface area (TPSA) is 156 Å². The standard InChI is InChI=1S/C12H15N3O7S/c1-13-11(16)7-6-10(12(17)18)14-23(21,22)9-4-2-8(3-5-9)15(19)20/h2-5,10,14H,6-7H2,1H3,(H,13,16)(H,17,18)/t10-/m0/s1. The van der Waals surface area contributed by atoms with Crippen LogP contribution in [0.25, 0.3) is 0 Å². The van der Waals surface area contributed by atoms with Crippen LogP contribution in [0.4, 0.5) is 5.69 Å². The SMILES string of the molecule is CNC(=O)CC[C@H](NS(=O)(=O)c1ccc([N+](=O)[O-])cc1)C(=O)O. The number of nitro benzene ring substituents is 1. The van der Waals surface area contributed by atoms with Crippen LogP contribution in [0.3, 0.4) is 0 Å². The number of non-ortho nitro benzene ring substituents is 1. The van der Waals surface area contributed by atoms with Crippen LogP contribution in [0.15, 0.2) is 29.2 Å². The lowest BCUT2D eigenvalue weighted by molar-refractivity contribution is -0.384. The molecule has 0 unspecified atom stereocenters. The predicted molar refractivity (Wildman–Crippen MR) is 78.1 cm³/mol. The molecule has 0 saturated carbocycles. The number of carbonyl (C=O) groups is 2. The molecule has 0 aliphatic heterocycles. The lowest BCUT2D eigenvalue weighted by atomic mass is 10.1. The Bertz CT molecular complexity index is 700. The van der Waals surface area contributed by atoms with Gasteiger partial charge in [0, 0.05) is 25.6 Å². The van der Waals surface area contributed by atoms with E-state index in [0.29, 0.717) is 0 Å². The smallest absolute Gasteiger partial charge is 0.321 e. The Kier molecular flexibility index (Phi) is 6.16. The van der Waals surface area contributed by atoms with Gasteiger partial charge < -0.3 is 10.4 Å². The number of rotatable bonds is 8. The summed E-state index contributed by atoms with van der Waals surface area (Å²) in [7, 11) is -2.81. The third-order valence-corrected chi connectivity index (χ3v) is 4.38. The first kappa shape index (κ1) is 18.5. The zero-order valence-electron chi connectivity index (χ0n) is 12.1. The molecule has 0 aromatic heterocycles. The monoisotopic (exact) mass is 345 g/mol. The van der Waals surface area contributed by atoms with Gasteiger partial charge in [-0.15, -0.1) is 0 Å². The maximum atomic E-state index is 12.1. The Balaban J connectivity index is 2.90. The molecule has 0 fully saturated rings. The summed E-state index contributed by atoms with van der Waals surface area (Å²) >= 11 is 0. The highest BCUT2D eigenvalue weighted by Crippen LogP contribution is 2.16. The molecule has 1 aromatic carbocycles. The summed E-state index contributed by atoms with van der Waals surface area (Å²) in [6.07, 6.45) is -0.405. The summed E-state index contributed by atoms with van der Waals surface area (Å²) in [5, 5.41) is 21.9. The minimum Gasteiger partial charge on any atom is -0.480 e. The predicted octanol–water partition coefficient (Wildman–Crippen LogP) is -0.147. The summed E-state index contributed by atoms with van der Waals surface area (Å²) in [6, 6.07) is 2.49. The number of amides is 1. The van der Waals surface area contributed by atoms with Crippen molar-refractivity contribution in [1.29, 1.82) is 0 Å². The number of hydrogen-bond acceptors (Lipinski definition) is 6. The number of carbonyl (C=O) groups excluding carboxylic acids is 1. The van der Waals surface area contributed by atoms with Crippen molar-refractivity contribution in [3.05, 3.63) is 34.4 Å². The molecule has 0 radical (unpaired) electrons. The highest BCUT2D eigenvalue weighted by atomic mass is 32.2. The van der Waals surface area contributed by atoms with E-state index < -0.39 is 32.9 Å². The molecular formula is C12H15N3O7S. The maximum Gasteiger partial charge on any atom is 0.321 e. The fraction of sp³-hybridized carbons (Fsp3) is 0.333. The van der Waals surface area contributed by atoms with Crippen LogP contribution in [-0.4, -0.2) is 43.4 Å². The third-order valence-electron chi connectivity index (χ3n) is 2.89. The Labute approximate surface area is 131 Å². The van der Waals surface area contributed by atoms with E-state index in [-0.39, 0.29) is 23.4 Å². The van der Waals surface area contributed by atoms with E-state index in [2.05, 4.69) is 5.32 Å². The molecular weight excluding hydrogens is 330 g/mol. The van der Waals surface area contributed by atoms with Crippen molar-refractivity contribution in [3.8, 4) is 0 Å². The fourth-order valence-electron chi connectivity index (χ4n) is 1.64. The number of sulfonamides is 1. The second-order valence-corrected chi connectivity index (χ2v) is 6.19. The highest BCUT2D eigenvalue weighted by molar-refractivity contribution is 7.89. The molecule has 0 aliphatic rings. The average Bonchev–Trinajstić information content (AvgIpc) is 2.50. The lowest BCUT2D eigenvalue weighted by Gasteiger charge is -2.14. The van der Waals surface area contributed by atoms with Gasteiger partial charge in [-0.25, -0.2) is 8.42 Å². The Hall–Kier alpha value is -2.53. The van der Waals surface area contributed by atoms with Gasteiger partial charge in [0.1, 0.15) is 6.04 Å². The Morgan fingerprint density at radius 2 is 1.87 bits per heavy atom. The van der Waals surface area contributed by atoms with Gasteiger partial charge in [-0.3, -0.25) is 19.7 Å². The molecule has 0 spiro atoms. The van der Waals surface area contributed by atoms with E-state index in [4.69, 9.17) is 5.11 Å². The molecule has 1 amide bonds. The molecule has 0 saturated heterocycles. The number of nitro groups is 1. The van der Waals surface area contributed by atoms with E-state index in [9.17, 15) is 28.1 Å². The number of nitrogens with zero attached hydrogens (tertiary/aromatic N) is 1. The minimum atomic E-state index is -4.19. The van der Waals surface area contributed by atoms with Crippen LogP contribution < -0.4 is 10.0 Å². The van der Waals surface area contributed by atoms with E-state index in [1.165, 1.54) is 7.05 Å². The normalized spacial score (nSPS) is 12.4. The van der Waals surface area contributed by atoms with E-state index in [0.717, 1.165) is 24.3 Å². The largest absolute Gasteiger partial charge is 0.480 e. The fourth-order valence-corrected chi connectivity index (χ4v) is 2.86. The molecule has 126 valence electrons. The van der Waals surface area contributed by atoms with Crippen LogP contribution in [0.1, 0.15) is 12.8 Å². The highest BCUT2D eigenvalue weighted by Gasteiger charge is 2.26. The molecule has 0 aliphatic carbocycles. The number of nitrogens with one attached hydrogen (secondary N) is 2. The van der Waals surface area contributed by atoms with Gasteiger partial charge >= 0.3 is 5.97 Å². The van der Waals surface area contributed by atoms with Gasteiger partial charge in [-0.2, -0.15) is 4.72 Å². The molecule has 1 rings (SSSR count). The van der Waals surface area contributed by atoms with Gasteiger partial charge in [0.15, 0.2) is 0 Å². The summed E-state index contributed by atoms with van der Waals surface area (Å²) in [4.78, 5) is 31.8. The van der Waals surface area contributed by atoms with Crippen LogP contribution in [-0.2, 0) is 19.6 Å². The van der Waals surface area contributed by atoms with E-state index in [1.54, 1.807) is 0 Å². The number of hydrogen-bond donors (Lipinski definition) is 3. The van der Waals surface area contributed by atoms with Crippen molar-refractivity contribution in [2.75, 3.05) is 7.05 Å². The molecule has 0 heterocycles. The average molecular weight is 345 g/mol. The Morgan fingerprint density at radius 1 is 1.30 bits per heavy atom. The summed E-state index contributed by atoms with van der Waals surface area (Å²) in [6.45, 7) is 0. The van der Waals surface area contributed by atoms with Gasteiger partial charge in [-0.05, 0) is 18.6 Å². The van der Waals surface area contributed by atoms with Crippen molar-refractivity contribution < 1.29 is 28.0 Å². The summed E-state index contributed by atoms with van der Waals surface area (Å²) in [5.41, 5.74) is -0.293. The molecule has 10 nitrogen and oxygen atoms in total. The zero-order chi connectivity index (χ0) is 17.6. The van der Waals surface area contributed by atoms with Crippen LogP contribution in [0.5, 0.6) is 0 Å². The first-order valence-electron chi connectivity index (χ1n) is 6.37. The number of benzene rings is 1. The molecule has 0 bridgehead atoms. The summed E-state index contributed by atoms with van der Waals surface area (Å²) < 4.78 is 26.2. The first-order valence-corrected chi connectivity index (χ1v) is 7.86. The van der Waals surface area contributed by atoms with Crippen LogP contribution in [0, 0.1) is 10.1 Å². The number of carboxylic acid groups (broad SMARTS) is 1. The molecule has 1 atom stereocenters. The van der Waals surface area contributed by atoms with E-state index in [1.807, 2.05) is 4.72 Å². The van der Waals surface area contributed by atoms with Crippen LogP contribution >= 0.6 is 0 Å². The Morgan fingerprint density at radius 3 is 2.30 bits per heavy atom.